The van der Waals surface area contributed by atoms with Crippen LogP contribution in [0.4, 0.5) is 5.69 Å². The number of H-pyrrole nitrogens is 1. The highest BCUT2D eigenvalue weighted by Crippen LogP contribution is 2.22. The van der Waals surface area contributed by atoms with Gasteiger partial charge in [-0.3, -0.25) is 4.79 Å². The number of anilines is 1. The first-order valence-electron chi connectivity index (χ1n) is 5.97. The summed E-state index contributed by atoms with van der Waals surface area (Å²) in [5, 5.41) is 13.6. The highest BCUT2D eigenvalue weighted by Gasteiger charge is 2.16. The Morgan fingerprint density at radius 2 is 2.21 bits per heavy atom. The molecule has 0 aliphatic heterocycles. The van der Waals surface area contributed by atoms with Gasteiger partial charge in [0.25, 0.3) is 0 Å². The van der Waals surface area contributed by atoms with Gasteiger partial charge in [0.1, 0.15) is 5.03 Å². The number of carbonyl (C=O) groups excluding carboxylic acids is 1. The molecule has 2 aromatic rings. The van der Waals surface area contributed by atoms with Crippen LogP contribution in [0.2, 0.25) is 0 Å². The average Bonchev–Trinajstić information content (AvgIpc) is 2.86. The smallest absolute Gasteiger partial charge is 0.237 e. The maximum atomic E-state index is 12.1. The number of aromatic amines is 1. The number of rotatable bonds is 4. The summed E-state index contributed by atoms with van der Waals surface area (Å²) in [6.07, 6.45) is 1.60. The summed E-state index contributed by atoms with van der Waals surface area (Å²) >= 11 is 1.37. The standard InChI is InChI=1S/C13H16N4OS/c1-8-4-5-9(2)11(6-8)15-13(18)10(3)19-12-7-14-17-16-12/h4-7,10H,1-3H3,(H,15,18)(H,14,16,17). The minimum absolute atomic E-state index is 0.0401. The van der Waals surface area contributed by atoms with Crippen molar-refractivity contribution in [3.8, 4) is 0 Å². The molecule has 2 N–H and O–H groups in total. The SMILES string of the molecule is Cc1ccc(C)c(NC(=O)C(C)Sc2cn[nH]n2)c1. The summed E-state index contributed by atoms with van der Waals surface area (Å²) in [4.78, 5) is 12.1. The number of aromatic nitrogens is 3. The van der Waals surface area contributed by atoms with E-state index in [0.29, 0.717) is 5.03 Å². The Balaban J connectivity index is 2.02. The summed E-state index contributed by atoms with van der Waals surface area (Å²) in [5.74, 6) is -0.0401. The zero-order chi connectivity index (χ0) is 13.8. The van der Waals surface area contributed by atoms with E-state index in [0.717, 1.165) is 16.8 Å². The molecule has 1 aromatic heterocycles. The number of amides is 1. The van der Waals surface area contributed by atoms with E-state index in [1.165, 1.54) is 11.8 Å². The Kier molecular flexibility index (Phi) is 4.21. The molecule has 5 nitrogen and oxygen atoms in total. The van der Waals surface area contributed by atoms with E-state index in [9.17, 15) is 4.79 Å². The Hall–Kier alpha value is -1.82. The largest absolute Gasteiger partial charge is 0.325 e. The van der Waals surface area contributed by atoms with Crippen LogP contribution in [0, 0.1) is 13.8 Å². The van der Waals surface area contributed by atoms with Crippen LogP contribution < -0.4 is 5.32 Å². The second-order valence-electron chi connectivity index (χ2n) is 4.38. The van der Waals surface area contributed by atoms with Crippen LogP contribution in [0.15, 0.2) is 29.4 Å². The molecule has 2 rings (SSSR count). The maximum Gasteiger partial charge on any atom is 0.237 e. The van der Waals surface area contributed by atoms with E-state index in [-0.39, 0.29) is 11.2 Å². The number of aryl methyl sites for hydroxylation is 2. The Morgan fingerprint density at radius 3 is 2.89 bits per heavy atom. The molecule has 1 atom stereocenters. The van der Waals surface area contributed by atoms with Crippen molar-refractivity contribution in [2.45, 2.75) is 31.0 Å². The van der Waals surface area contributed by atoms with E-state index < -0.39 is 0 Å². The molecule has 100 valence electrons. The lowest BCUT2D eigenvalue weighted by Gasteiger charge is -2.13. The van der Waals surface area contributed by atoms with E-state index in [4.69, 9.17) is 0 Å². The van der Waals surface area contributed by atoms with Gasteiger partial charge < -0.3 is 5.32 Å². The van der Waals surface area contributed by atoms with Gasteiger partial charge in [-0.25, -0.2) is 0 Å². The average molecular weight is 276 g/mol. The van der Waals surface area contributed by atoms with Crippen molar-refractivity contribution in [3.05, 3.63) is 35.5 Å². The molecule has 6 heteroatoms. The van der Waals surface area contributed by atoms with Gasteiger partial charge in [-0.15, -0.1) is 5.10 Å². The van der Waals surface area contributed by atoms with Crippen LogP contribution >= 0.6 is 11.8 Å². The quantitative estimate of drug-likeness (QED) is 0.842. The van der Waals surface area contributed by atoms with E-state index >= 15 is 0 Å². The molecule has 0 radical (unpaired) electrons. The summed E-state index contributed by atoms with van der Waals surface area (Å²) in [7, 11) is 0. The van der Waals surface area contributed by atoms with Crippen molar-refractivity contribution in [1.82, 2.24) is 15.4 Å². The number of hydrogen-bond acceptors (Lipinski definition) is 4. The fourth-order valence-corrected chi connectivity index (χ4v) is 2.32. The summed E-state index contributed by atoms with van der Waals surface area (Å²) in [6, 6.07) is 6.00. The van der Waals surface area contributed by atoms with Gasteiger partial charge in [-0.1, -0.05) is 23.9 Å². The normalized spacial score (nSPS) is 12.2. The van der Waals surface area contributed by atoms with Gasteiger partial charge in [0.15, 0.2) is 0 Å². The van der Waals surface area contributed by atoms with Gasteiger partial charge in [-0.05, 0) is 38.0 Å². The Labute approximate surface area is 116 Å². The minimum Gasteiger partial charge on any atom is -0.325 e. The first kappa shape index (κ1) is 13.6. The molecule has 19 heavy (non-hydrogen) atoms. The third kappa shape index (κ3) is 3.57. The van der Waals surface area contributed by atoms with Crippen molar-refractivity contribution in [1.29, 1.82) is 0 Å². The molecule has 0 saturated heterocycles. The monoisotopic (exact) mass is 276 g/mol. The summed E-state index contributed by atoms with van der Waals surface area (Å²) < 4.78 is 0. The van der Waals surface area contributed by atoms with E-state index in [2.05, 4.69) is 20.7 Å². The lowest BCUT2D eigenvalue weighted by atomic mass is 10.1. The Bertz CT molecular complexity index is 568. The highest BCUT2D eigenvalue weighted by atomic mass is 32.2. The third-order valence-electron chi connectivity index (χ3n) is 2.71. The van der Waals surface area contributed by atoms with Gasteiger partial charge in [-0.2, -0.15) is 10.3 Å². The molecule has 0 bridgehead atoms. The molecule has 0 saturated carbocycles. The van der Waals surface area contributed by atoms with Crippen LogP contribution in [-0.2, 0) is 4.79 Å². The zero-order valence-electron chi connectivity index (χ0n) is 11.1. The molecule has 1 aromatic carbocycles. The number of hydrogen-bond donors (Lipinski definition) is 2. The molecule has 0 spiro atoms. The number of nitrogens with zero attached hydrogens (tertiary/aromatic N) is 2. The van der Waals surface area contributed by atoms with E-state index in [1.54, 1.807) is 6.20 Å². The van der Waals surface area contributed by atoms with Gasteiger partial charge in [0.2, 0.25) is 5.91 Å². The zero-order valence-corrected chi connectivity index (χ0v) is 11.9. The van der Waals surface area contributed by atoms with Gasteiger partial charge in [0, 0.05) is 5.69 Å². The number of carbonyl (C=O) groups is 1. The van der Waals surface area contributed by atoms with Crippen molar-refractivity contribution in [2.24, 2.45) is 0 Å². The second-order valence-corrected chi connectivity index (χ2v) is 5.74. The highest BCUT2D eigenvalue weighted by molar-refractivity contribution is 8.00. The fraction of sp³-hybridized carbons (Fsp3) is 0.308. The first-order chi connectivity index (χ1) is 9.06. The maximum absolute atomic E-state index is 12.1. The third-order valence-corrected chi connectivity index (χ3v) is 3.72. The Morgan fingerprint density at radius 1 is 1.42 bits per heavy atom. The van der Waals surface area contributed by atoms with Crippen LogP contribution in [0.1, 0.15) is 18.1 Å². The van der Waals surface area contributed by atoms with E-state index in [1.807, 2.05) is 39.0 Å². The van der Waals surface area contributed by atoms with Gasteiger partial charge >= 0.3 is 0 Å². The van der Waals surface area contributed by atoms with Crippen LogP contribution in [-0.4, -0.2) is 26.6 Å². The molecule has 0 aliphatic rings. The molecular weight excluding hydrogens is 260 g/mol. The summed E-state index contributed by atoms with van der Waals surface area (Å²) in [6.45, 7) is 5.83. The molecule has 0 fully saturated rings. The number of thioether (sulfide) groups is 1. The lowest BCUT2D eigenvalue weighted by Crippen LogP contribution is -2.22. The first-order valence-corrected chi connectivity index (χ1v) is 6.85. The molecular formula is C13H16N4OS. The second kappa shape index (κ2) is 5.88. The number of benzene rings is 1. The fourth-order valence-electron chi connectivity index (χ4n) is 1.59. The van der Waals surface area contributed by atoms with Crippen molar-refractivity contribution in [2.75, 3.05) is 5.32 Å². The van der Waals surface area contributed by atoms with Crippen LogP contribution in [0.25, 0.3) is 0 Å². The predicted molar refractivity (Wildman–Crippen MR) is 76.2 cm³/mol. The van der Waals surface area contributed by atoms with Crippen LogP contribution in [0.5, 0.6) is 0 Å². The molecule has 1 amide bonds. The summed E-state index contributed by atoms with van der Waals surface area (Å²) in [5.41, 5.74) is 3.04. The van der Waals surface area contributed by atoms with Crippen LogP contribution in [0.3, 0.4) is 0 Å². The minimum atomic E-state index is -0.231. The molecule has 1 heterocycles. The number of nitrogens with one attached hydrogen (secondary N) is 2. The van der Waals surface area contributed by atoms with Gasteiger partial charge in [0.05, 0.1) is 11.4 Å². The van der Waals surface area contributed by atoms with Crippen molar-refractivity contribution in [3.63, 3.8) is 0 Å². The topological polar surface area (TPSA) is 70.7 Å². The molecule has 1 unspecified atom stereocenters. The van der Waals surface area contributed by atoms with Crippen molar-refractivity contribution < 1.29 is 4.79 Å². The van der Waals surface area contributed by atoms with Crippen molar-refractivity contribution >= 4 is 23.4 Å². The molecule has 0 aliphatic carbocycles. The lowest BCUT2D eigenvalue weighted by molar-refractivity contribution is -0.115. The predicted octanol–water partition coefficient (Wildman–Crippen LogP) is 2.54.